The highest BCUT2D eigenvalue weighted by Crippen LogP contribution is 2.29. The maximum absolute atomic E-state index is 12.9. The Morgan fingerprint density at radius 3 is 2.36 bits per heavy atom. The van der Waals surface area contributed by atoms with Gasteiger partial charge in [0.25, 0.3) is 0 Å². The molecule has 3 aromatic rings. The number of methoxy groups -OCH3 is 1. The summed E-state index contributed by atoms with van der Waals surface area (Å²) < 4.78 is 43.8. The molecule has 0 amide bonds. The van der Waals surface area contributed by atoms with Crippen LogP contribution in [0.1, 0.15) is 17.1 Å². The first-order valence-electron chi connectivity index (χ1n) is 7.28. The zero-order valence-electron chi connectivity index (χ0n) is 13.6. The van der Waals surface area contributed by atoms with Crippen molar-refractivity contribution in [3.63, 3.8) is 0 Å². The van der Waals surface area contributed by atoms with Gasteiger partial charge in [0.1, 0.15) is 11.4 Å². The van der Waals surface area contributed by atoms with Crippen LogP contribution in [0.4, 0.5) is 25.1 Å². The lowest BCUT2D eigenvalue weighted by Crippen LogP contribution is -2.12. The molecule has 0 saturated carbocycles. The predicted octanol–water partition coefficient (Wildman–Crippen LogP) is 3.81. The quantitative estimate of drug-likeness (QED) is 0.775. The third-order valence-electron chi connectivity index (χ3n) is 3.46. The predicted molar refractivity (Wildman–Crippen MR) is 85.9 cm³/mol. The van der Waals surface area contributed by atoms with E-state index in [9.17, 15) is 13.2 Å². The van der Waals surface area contributed by atoms with Crippen molar-refractivity contribution in [3.05, 3.63) is 41.3 Å². The molecule has 3 rings (SSSR count). The fourth-order valence-electron chi connectivity index (χ4n) is 2.31. The second-order valence-electron chi connectivity index (χ2n) is 5.36. The monoisotopic (exact) mass is 349 g/mol. The number of alkyl halides is 3. The summed E-state index contributed by atoms with van der Waals surface area (Å²) >= 11 is 0. The Hall–Kier alpha value is -2.97. The van der Waals surface area contributed by atoms with E-state index in [0.717, 1.165) is 11.5 Å². The van der Waals surface area contributed by atoms with E-state index in [4.69, 9.17) is 4.74 Å². The summed E-state index contributed by atoms with van der Waals surface area (Å²) in [4.78, 5) is 16.0. The molecule has 0 unspecified atom stereocenters. The summed E-state index contributed by atoms with van der Waals surface area (Å²) in [6, 6.07) is 6.15. The molecule has 130 valence electrons. The molecule has 0 radical (unpaired) electrons. The van der Waals surface area contributed by atoms with Crippen molar-refractivity contribution in [2.75, 3.05) is 12.4 Å². The number of nitrogens with zero attached hydrogens (tertiary/aromatic N) is 4. The molecular weight excluding hydrogens is 335 g/mol. The van der Waals surface area contributed by atoms with Crippen molar-refractivity contribution in [3.8, 4) is 5.75 Å². The first-order chi connectivity index (χ1) is 11.8. The molecule has 0 spiro atoms. The average Bonchev–Trinajstić information content (AvgIpc) is 2.53. The SMILES string of the molecule is COc1ccc2nc(Nc3nc(C)cc(C(F)(F)F)n3)nc(C)c2c1. The van der Waals surface area contributed by atoms with E-state index >= 15 is 0 Å². The lowest BCUT2D eigenvalue weighted by atomic mass is 10.2. The smallest absolute Gasteiger partial charge is 0.433 e. The highest BCUT2D eigenvalue weighted by Gasteiger charge is 2.33. The van der Waals surface area contributed by atoms with Crippen LogP contribution in [0.3, 0.4) is 0 Å². The molecule has 0 aliphatic heterocycles. The number of nitrogens with one attached hydrogen (secondary N) is 1. The topological polar surface area (TPSA) is 72.8 Å². The Morgan fingerprint density at radius 2 is 1.68 bits per heavy atom. The number of anilines is 2. The Morgan fingerprint density at radius 1 is 0.960 bits per heavy atom. The average molecular weight is 349 g/mol. The van der Waals surface area contributed by atoms with Crippen molar-refractivity contribution >= 4 is 22.8 Å². The van der Waals surface area contributed by atoms with Gasteiger partial charge < -0.3 is 4.74 Å². The van der Waals surface area contributed by atoms with Gasteiger partial charge in [-0.05, 0) is 38.1 Å². The number of fused-ring (bicyclic) bond motifs is 1. The minimum absolute atomic E-state index is 0.119. The summed E-state index contributed by atoms with van der Waals surface area (Å²) in [5.41, 5.74) is 0.436. The Kier molecular flexibility index (Phi) is 4.15. The third-order valence-corrected chi connectivity index (χ3v) is 3.46. The second kappa shape index (κ2) is 6.15. The number of aryl methyl sites for hydroxylation is 2. The molecule has 0 atom stereocenters. The fourth-order valence-corrected chi connectivity index (χ4v) is 2.31. The zero-order valence-corrected chi connectivity index (χ0v) is 13.6. The number of hydrogen-bond donors (Lipinski definition) is 1. The highest BCUT2D eigenvalue weighted by molar-refractivity contribution is 5.83. The maximum Gasteiger partial charge on any atom is 0.433 e. The number of ether oxygens (including phenoxy) is 1. The van der Waals surface area contributed by atoms with Gasteiger partial charge >= 0.3 is 6.18 Å². The van der Waals surface area contributed by atoms with Crippen LogP contribution in [-0.2, 0) is 6.18 Å². The standard InChI is InChI=1S/C16H14F3N5O/c1-8-6-13(16(17,18)19)23-14(20-8)24-15-21-9(2)11-7-10(25-3)4-5-12(11)22-15/h4-7H,1-3H3,(H,20,21,22,23,24). The lowest BCUT2D eigenvalue weighted by molar-refractivity contribution is -0.141. The van der Waals surface area contributed by atoms with Crippen molar-refractivity contribution in [1.29, 1.82) is 0 Å². The van der Waals surface area contributed by atoms with Gasteiger partial charge in [-0.3, -0.25) is 5.32 Å². The van der Waals surface area contributed by atoms with Crippen molar-refractivity contribution in [2.45, 2.75) is 20.0 Å². The van der Waals surface area contributed by atoms with Crippen LogP contribution in [0.5, 0.6) is 5.75 Å². The molecule has 2 heterocycles. The van der Waals surface area contributed by atoms with Crippen LogP contribution in [0, 0.1) is 13.8 Å². The molecule has 0 aliphatic carbocycles. The summed E-state index contributed by atoms with van der Waals surface area (Å²) in [5.74, 6) is 0.574. The molecule has 0 fully saturated rings. The molecule has 0 aliphatic rings. The molecule has 25 heavy (non-hydrogen) atoms. The van der Waals surface area contributed by atoms with Crippen molar-refractivity contribution in [1.82, 2.24) is 19.9 Å². The van der Waals surface area contributed by atoms with E-state index < -0.39 is 11.9 Å². The summed E-state index contributed by atoms with van der Waals surface area (Å²) in [6.07, 6.45) is -4.55. The zero-order chi connectivity index (χ0) is 18.2. The fraction of sp³-hybridized carbons (Fsp3) is 0.250. The van der Waals surface area contributed by atoms with Crippen molar-refractivity contribution < 1.29 is 17.9 Å². The summed E-state index contributed by atoms with van der Waals surface area (Å²) in [5, 5.41) is 3.43. The van der Waals surface area contributed by atoms with Crippen LogP contribution >= 0.6 is 0 Å². The van der Waals surface area contributed by atoms with E-state index in [1.165, 1.54) is 6.92 Å². The van der Waals surface area contributed by atoms with Crippen LogP contribution < -0.4 is 10.1 Å². The van der Waals surface area contributed by atoms with Crippen molar-refractivity contribution in [2.24, 2.45) is 0 Å². The minimum atomic E-state index is -4.55. The van der Waals surface area contributed by atoms with Gasteiger partial charge in [0.05, 0.1) is 18.3 Å². The molecule has 1 N–H and O–H groups in total. The molecule has 9 heteroatoms. The number of halogens is 3. The number of hydrogen-bond acceptors (Lipinski definition) is 6. The molecule has 6 nitrogen and oxygen atoms in total. The van der Waals surface area contributed by atoms with E-state index in [2.05, 4.69) is 25.3 Å². The highest BCUT2D eigenvalue weighted by atomic mass is 19.4. The minimum Gasteiger partial charge on any atom is -0.497 e. The summed E-state index contributed by atoms with van der Waals surface area (Å²) in [6.45, 7) is 3.23. The molecule has 0 bridgehead atoms. The molecule has 0 saturated heterocycles. The van der Waals surface area contributed by atoms with Crippen LogP contribution in [0.2, 0.25) is 0 Å². The van der Waals surface area contributed by atoms with E-state index in [-0.39, 0.29) is 17.6 Å². The first-order valence-corrected chi connectivity index (χ1v) is 7.28. The van der Waals surface area contributed by atoms with Gasteiger partial charge in [-0.1, -0.05) is 0 Å². The van der Waals surface area contributed by atoms with Gasteiger partial charge in [-0.2, -0.15) is 13.2 Å². The van der Waals surface area contributed by atoms with Gasteiger partial charge in [0.2, 0.25) is 11.9 Å². The maximum atomic E-state index is 12.9. The second-order valence-corrected chi connectivity index (χ2v) is 5.36. The van der Waals surface area contributed by atoms with Crippen LogP contribution in [0.25, 0.3) is 10.9 Å². The summed E-state index contributed by atoms with van der Waals surface area (Å²) in [7, 11) is 1.56. The van der Waals surface area contributed by atoms with Gasteiger partial charge in [0.15, 0.2) is 0 Å². The van der Waals surface area contributed by atoms with Gasteiger partial charge in [-0.15, -0.1) is 0 Å². The van der Waals surface area contributed by atoms with E-state index in [0.29, 0.717) is 17.0 Å². The first kappa shape index (κ1) is 16.9. The third kappa shape index (κ3) is 3.59. The number of benzene rings is 1. The largest absolute Gasteiger partial charge is 0.497 e. The van der Waals surface area contributed by atoms with Gasteiger partial charge in [-0.25, -0.2) is 19.9 Å². The Bertz CT molecular complexity index is 943. The number of rotatable bonds is 3. The number of aromatic nitrogens is 4. The van der Waals surface area contributed by atoms with E-state index in [1.54, 1.807) is 32.2 Å². The molecular formula is C16H14F3N5O. The normalized spacial score (nSPS) is 11.6. The van der Waals surface area contributed by atoms with Crippen LogP contribution in [0.15, 0.2) is 24.3 Å². The molecule has 2 aromatic heterocycles. The molecule has 1 aromatic carbocycles. The Balaban J connectivity index is 2.00. The Labute approximate surface area is 141 Å². The van der Waals surface area contributed by atoms with Crippen LogP contribution in [-0.4, -0.2) is 27.0 Å². The van der Waals surface area contributed by atoms with E-state index in [1.807, 2.05) is 0 Å². The van der Waals surface area contributed by atoms with Gasteiger partial charge in [0, 0.05) is 11.1 Å². The lowest BCUT2D eigenvalue weighted by Gasteiger charge is -2.11.